The zero-order chi connectivity index (χ0) is 28.3. The summed E-state index contributed by atoms with van der Waals surface area (Å²) in [5, 5.41) is 15.5. The zero-order valence-corrected chi connectivity index (χ0v) is 22.7. The number of carbonyl (C=O) groups is 1. The fourth-order valence-electron chi connectivity index (χ4n) is 5.47. The summed E-state index contributed by atoms with van der Waals surface area (Å²) in [6, 6.07) is 21.1. The number of anilines is 2. The average molecular weight is 548 g/mol. The molecule has 10 heteroatoms. The van der Waals surface area contributed by atoms with Gasteiger partial charge in [0.25, 0.3) is 11.5 Å². The minimum Gasteiger partial charge on any atom is -0.491 e. The van der Waals surface area contributed by atoms with E-state index in [1.807, 2.05) is 35.2 Å². The average Bonchev–Trinajstić information content (AvgIpc) is 3.39. The van der Waals surface area contributed by atoms with Crippen LogP contribution in [0.5, 0.6) is 5.75 Å². The maximum atomic E-state index is 13.2. The number of carbonyl (C=O) groups excluding carboxylic acids is 1. The first-order valence-corrected chi connectivity index (χ1v) is 13.5. The Morgan fingerprint density at radius 2 is 1.83 bits per heavy atom. The molecule has 0 aliphatic carbocycles. The second-order valence-corrected chi connectivity index (χ2v) is 10.2. The molecule has 4 heterocycles. The molecule has 0 spiro atoms. The SMILES string of the molecule is Cc1c(N2Cc3ccccc3[C@@H]2COc2ccc(C(=O)N3CCN(c4ccc(C#N)cn4)CC3)cc2)cn[nH]c1=O. The van der Waals surface area contributed by atoms with Crippen LogP contribution in [-0.4, -0.2) is 58.8 Å². The molecule has 1 saturated heterocycles. The highest BCUT2D eigenvalue weighted by molar-refractivity contribution is 5.94. The van der Waals surface area contributed by atoms with E-state index in [1.165, 1.54) is 5.56 Å². The molecule has 0 bridgehead atoms. The van der Waals surface area contributed by atoms with Crippen molar-refractivity contribution in [1.29, 1.82) is 5.26 Å². The van der Waals surface area contributed by atoms with Crippen LogP contribution in [0.15, 0.2) is 77.9 Å². The van der Waals surface area contributed by atoms with Gasteiger partial charge in [-0.05, 0) is 54.4 Å². The number of aromatic nitrogens is 3. The van der Waals surface area contributed by atoms with Crippen LogP contribution in [0, 0.1) is 18.3 Å². The molecular weight excluding hydrogens is 518 g/mol. The number of nitrogens with one attached hydrogen (secondary N) is 1. The number of ether oxygens (including phenoxy) is 1. The molecule has 206 valence electrons. The van der Waals surface area contributed by atoms with Crippen molar-refractivity contribution in [3.8, 4) is 11.8 Å². The largest absolute Gasteiger partial charge is 0.491 e. The number of pyridine rings is 1. The van der Waals surface area contributed by atoms with Crippen molar-refractivity contribution in [2.75, 3.05) is 42.6 Å². The highest BCUT2D eigenvalue weighted by Gasteiger charge is 2.32. The van der Waals surface area contributed by atoms with Crippen molar-refractivity contribution in [3.63, 3.8) is 0 Å². The van der Waals surface area contributed by atoms with Gasteiger partial charge in [0.2, 0.25) is 0 Å². The molecule has 0 unspecified atom stereocenters. The Morgan fingerprint density at radius 3 is 2.56 bits per heavy atom. The highest BCUT2D eigenvalue weighted by Crippen LogP contribution is 2.38. The molecule has 6 rings (SSSR count). The van der Waals surface area contributed by atoms with Crippen LogP contribution in [0.3, 0.4) is 0 Å². The molecular formula is C31H29N7O3. The smallest absolute Gasteiger partial charge is 0.269 e. The maximum absolute atomic E-state index is 13.2. The van der Waals surface area contributed by atoms with E-state index in [2.05, 4.69) is 43.2 Å². The lowest BCUT2D eigenvalue weighted by Gasteiger charge is -2.35. The Labute approximate surface area is 237 Å². The number of benzene rings is 2. The molecule has 2 aliphatic rings. The second-order valence-electron chi connectivity index (χ2n) is 10.2. The molecule has 0 radical (unpaired) electrons. The third-order valence-corrected chi connectivity index (χ3v) is 7.80. The molecule has 2 aromatic carbocycles. The number of hydrogen-bond acceptors (Lipinski definition) is 8. The van der Waals surface area contributed by atoms with Crippen LogP contribution < -0.4 is 20.1 Å². The third kappa shape index (κ3) is 5.22. The van der Waals surface area contributed by atoms with Crippen molar-refractivity contribution < 1.29 is 9.53 Å². The minimum absolute atomic E-state index is 0.0165. The molecule has 1 amide bonds. The van der Waals surface area contributed by atoms with Gasteiger partial charge in [0.05, 0.1) is 23.5 Å². The van der Waals surface area contributed by atoms with Gasteiger partial charge in [-0.15, -0.1) is 0 Å². The number of fused-ring (bicyclic) bond motifs is 1. The van der Waals surface area contributed by atoms with E-state index < -0.39 is 0 Å². The van der Waals surface area contributed by atoms with E-state index >= 15 is 0 Å². The van der Waals surface area contributed by atoms with Crippen molar-refractivity contribution in [2.24, 2.45) is 0 Å². The quantitative estimate of drug-likeness (QED) is 0.390. The van der Waals surface area contributed by atoms with E-state index in [0.29, 0.717) is 61.8 Å². The summed E-state index contributed by atoms with van der Waals surface area (Å²) in [4.78, 5) is 35.9. The first-order valence-electron chi connectivity index (χ1n) is 13.5. The van der Waals surface area contributed by atoms with Gasteiger partial charge in [-0.1, -0.05) is 24.3 Å². The lowest BCUT2D eigenvalue weighted by molar-refractivity contribution is 0.0746. The third-order valence-electron chi connectivity index (χ3n) is 7.80. The summed E-state index contributed by atoms with van der Waals surface area (Å²) in [6.07, 6.45) is 3.26. The number of rotatable bonds is 6. The Balaban J connectivity index is 1.09. The number of nitriles is 1. The first-order chi connectivity index (χ1) is 20.0. The normalized spacial score (nSPS) is 16.3. The lowest BCUT2D eigenvalue weighted by Crippen LogP contribution is -2.49. The van der Waals surface area contributed by atoms with Gasteiger partial charge in [0.15, 0.2) is 0 Å². The standard InChI is InChI=1S/C31H29N7O3/c1-21-27(18-34-35-30(21)39)38-19-24-4-2-3-5-26(24)28(38)20-41-25-9-7-23(8-10-25)31(40)37-14-12-36(13-15-37)29-11-6-22(16-32)17-33-29/h2-11,17-18,28H,12-15,19-20H2,1H3,(H,35,39)/t28-/m0/s1. The van der Waals surface area contributed by atoms with Crippen LogP contribution in [-0.2, 0) is 6.54 Å². The second kappa shape index (κ2) is 11.1. The number of piperazine rings is 1. The summed E-state index contributed by atoms with van der Waals surface area (Å²) in [5.74, 6) is 1.46. The number of hydrogen-bond donors (Lipinski definition) is 1. The molecule has 2 aliphatic heterocycles. The number of H-pyrrole nitrogens is 1. The Morgan fingerprint density at radius 1 is 1.05 bits per heavy atom. The number of amides is 1. The molecule has 1 N–H and O–H groups in total. The fourth-order valence-corrected chi connectivity index (χ4v) is 5.47. The van der Waals surface area contributed by atoms with Crippen molar-refractivity contribution in [3.05, 3.63) is 111 Å². The summed E-state index contributed by atoms with van der Waals surface area (Å²) in [7, 11) is 0. The van der Waals surface area contributed by atoms with Crippen molar-refractivity contribution in [2.45, 2.75) is 19.5 Å². The van der Waals surface area contributed by atoms with E-state index in [4.69, 9.17) is 10.00 Å². The predicted molar refractivity (Wildman–Crippen MR) is 154 cm³/mol. The molecule has 41 heavy (non-hydrogen) atoms. The van der Waals surface area contributed by atoms with Gasteiger partial charge in [-0.2, -0.15) is 10.4 Å². The van der Waals surface area contributed by atoms with Gasteiger partial charge in [-0.25, -0.2) is 10.1 Å². The summed E-state index contributed by atoms with van der Waals surface area (Å²) in [5.41, 5.74) is 4.70. The van der Waals surface area contributed by atoms with Crippen LogP contribution in [0.2, 0.25) is 0 Å². The van der Waals surface area contributed by atoms with E-state index in [9.17, 15) is 9.59 Å². The first kappa shape index (κ1) is 26.1. The van der Waals surface area contributed by atoms with Crippen LogP contribution in [0.25, 0.3) is 0 Å². The molecule has 0 saturated carbocycles. The summed E-state index contributed by atoms with van der Waals surface area (Å²) in [6.45, 7) is 5.37. The predicted octanol–water partition coefficient (Wildman–Crippen LogP) is 3.45. The van der Waals surface area contributed by atoms with Gasteiger partial charge in [0, 0.05) is 50.0 Å². The summed E-state index contributed by atoms with van der Waals surface area (Å²) >= 11 is 0. The maximum Gasteiger partial charge on any atom is 0.269 e. The van der Waals surface area contributed by atoms with Crippen molar-refractivity contribution >= 4 is 17.4 Å². The van der Waals surface area contributed by atoms with Gasteiger partial charge >= 0.3 is 0 Å². The summed E-state index contributed by atoms with van der Waals surface area (Å²) < 4.78 is 6.22. The monoisotopic (exact) mass is 547 g/mol. The lowest BCUT2D eigenvalue weighted by atomic mass is 10.1. The van der Waals surface area contributed by atoms with Crippen molar-refractivity contribution in [1.82, 2.24) is 20.1 Å². The Bertz CT molecular complexity index is 1650. The topological polar surface area (TPSA) is 118 Å². The molecule has 2 aromatic heterocycles. The van der Waals surface area contributed by atoms with Crippen LogP contribution in [0.4, 0.5) is 11.5 Å². The van der Waals surface area contributed by atoms with E-state index in [0.717, 1.165) is 17.1 Å². The van der Waals surface area contributed by atoms with Gasteiger partial charge < -0.3 is 19.4 Å². The Hall–Kier alpha value is -5.17. The number of nitrogens with zero attached hydrogens (tertiary/aromatic N) is 6. The van der Waals surface area contributed by atoms with E-state index in [-0.39, 0.29) is 17.5 Å². The van der Waals surface area contributed by atoms with Gasteiger partial charge in [-0.3, -0.25) is 9.59 Å². The zero-order valence-electron chi connectivity index (χ0n) is 22.7. The number of aromatic amines is 1. The molecule has 4 aromatic rings. The molecule has 1 atom stereocenters. The van der Waals surface area contributed by atoms with Gasteiger partial charge in [0.1, 0.15) is 24.2 Å². The molecule has 1 fully saturated rings. The highest BCUT2D eigenvalue weighted by atomic mass is 16.5. The van der Waals surface area contributed by atoms with E-state index in [1.54, 1.807) is 37.5 Å². The minimum atomic E-state index is -0.203. The Kier molecular flexibility index (Phi) is 7.08. The molecule has 10 nitrogen and oxygen atoms in total. The van der Waals surface area contributed by atoms with Crippen LogP contribution in [0.1, 0.15) is 38.7 Å². The fraction of sp³-hybridized carbons (Fsp3) is 0.258. The van der Waals surface area contributed by atoms with Crippen LogP contribution >= 0.6 is 0 Å².